The van der Waals surface area contributed by atoms with Crippen LogP contribution in [0.2, 0.25) is 0 Å². The van der Waals surface area contributed by atoms with E-state index in [9.17, 15) is 22.8 Å². The first-order valence-corrected chi connectivity index (χ1v) is 14.7. The van der Waals surface area contributed by atoms with Crippen molar-refractivity contribution in [2.24, 2.45) is 0 Å². The van der Waals surface area contributed by atoms with Gasteiger partial charge in [-0.2, -0.15) is 4.31 Å². The zero-order chi connectivity index (χ0) is 26.7. The molecule has 1 fully saturated rings. The van der Waals surface area contributed by atoms with Gasteiger partial charge in [0.25, 0.3) is 11.8 Å². The van der Waals surface area contributed by atoms with Crippen LogP contribution >= 0.6 is 11.3 Å². The van der Waals surface area contributed by atoms with Crippen molar-refractivity contribution in [3.63, 3.8) is 0 Å². The molecule has 1 aromatic heterocycles. The summed E-state index contributed by atoms with van der Waals surface area (Å²) in [4.78, 5) is 41.4. The van der Waals surface area contributed by atoms with Gasteiger partial charge >= 0.3 is 6.03 Å². The molecule has 2 aliphatic heterocycles. The van der Waals surface area contributed by atoms with Gasteiger partial charge in [0.05, 0.1) is 10.5 Å². The van der Waals surface area contributed by atoms with Crippen molar-refractivity contribution in [2.75, 3.05) is 32.0 Å². The summed E-state index contributed by atoms with van der Waals surface area (Å²) in [6, 6.07) is 5.54. The average molecular weight is 548 g/mol. The van der Waals surface area contributed by atoms with Gasteiger partial charge in [-0.1, -0.05) is 6.42 Å². The number of anilines is 1. The number of nitrogens with zero attached hydrogens (tertiary/aromatic N) is 2. The Morgan fingerprint density at radius 2 is 1.65 bits per heavy atom. The number of carbonyl (C=O) groups is 3. The second-order valence-corrected chi connectivity index (χ2v) is 12.5. The molecule has 0 bridgehead atoms. The number of imide groups is 1. The highest BCUT2D eigenvalue weighted by molar-refractivity contribution is 7.89. The van der Waals surface area contributed by atoms with E-state index in [1.165, 1.54) is 47.0 Å². The first-order chi connectivity index (χ1) is 17.6. The topological polar surface area (TPSA) is 128 Å². The van der Waals surface area contributed by atoms with Gasteiger partial charge in [-0.3, -0.25) is 19.8 Å². The maximum atomic E-state index is 13.1. The van der Waals surface area contributed by atoms with Crippen LogP contribution in [0.1, 0.15) is 64.3 Å². The van der Waals surface area contributed by atoms with Gasteiger partial charge in [0.15, 0.2) is 0 Å². The molecular weight excluding hydrogens is 514 g/mol. The fourth-order valence-corrected chi connectivity index (χ4v) is 7.41. The normalized spacial score (nSPS) is 16.8. The molecule has 10 nitrogen and oxygen atoms in total. The van der Waals surface area contributed by atoms with Crippen LogP contribution in [0, 0.1) is 0 Å². The second kappa shape index (κ2) is 11.3. The highest BCUT2D eigenvalue weighted by atomic mass is 32.2. The maximum Gasteiger partial charge on any atom is 0.321 e. The van der Waals surface area contributed by atoms with E-state index >= 15 is 0 Å². The smallest absolute Gasteiger partial charge is 0.321 e. The van der Waals surface area contributed by atoms with Crippen molar-refractivity contribution in [3.05, 3.63) is 45.8 Å². The molecule has 0 atom stereocenters. The highest BCUT2D eigenvalue weighted by Gasteiger charge is 2.31. The molecule has 2 aliphatic rings. The Kier molecular flexibility index (Phi) is 8.32. The van der Waals surface area contributed by atoms with Crippen molar-refractivity contribution in [3.8, 4) is 0 Å². The van der Waals surface area contributed by atoms with Gasteiger partial charge in [-0.05, 0) is 62.9 Å². The third-order valence-corrected chi connectivity index (χ3v) is 9.84. The Morgan fingerprint density at radius 3 is 2.27 bits per heavy atom. The van der Waals surface area contributed by atoms with Crippen molar-refractivity contribution in [2.45, 2.75) is 57.0 Å². The number of sulfonamides is 1. The van der Waals surface area contributed by atoms with Gasteiger partial charge in [0.1, 0.15) is 5.00 Å². The molecule has 0 unspecified atom stereocenters. The first kappa shape index (κ1) is 27.2. The minimum atomic E-state index is -3.60. The molecule has 200 valence electrons. The number of benzene rings is 1. The van der Waals surface area contributed by atoms with E-state index in [4.69, 9.17) is 0 Å². The molecule has 12 heteroatoms. The molecular formula is C25H33N5O5S2. The van der Waals surface area contributed by atoms with Crippen LogP contribution in [0.15, 0.2) is 29.2 Å². The summed E-state index contributed by atoms with van der Waals surface area (Å²) < 4.78 is 27.3. The standard InChI is InChI=1S/C25H33N5O5S2/c1-16(2)29-14-11-19-20(15-29)36-24(21(19)23(32)28-25(33)26-3)27-22(31)17-7-9-18(10-8-17)37(34,35)30-12-5-4-6-13-30/h7-10,16H,4-6,11-15H2,1-3H3,(H,27,31)(H2,26,28,32,33). The van der Waals surface area contributed by atoms with Crippen molar-refractivity contribution in [1.29, 1.82) is 0 Å². The maximum absolute atomic E-state index is 13.1. The van der Waals surface area contributed by atoms with Crippen LogP contribution in [0.3, 0.4) is 0 Å². The number of hydrogen-bond donors (Lipinski definition) is 3. The second-order valence-electron chi connectivity index (χ2n) is 9.50. The number of nitrogens with one attached hydrogen (secondary N) is 3. The number of hydrogen-bond acceptors (Lipinski definition) is 7. The number of thiophene rings is 1. The van der Waals surface area contributed by atoms with Crippen LogP contribution < -0.4 is 16.0 Å². The summed E-state index contributed by atoms with van der Waals surface area (Å²) in [6.45, 7) is 6.63. The summed E-state index contributed by atoms with van der Waals surface area (Å²) in [5, 5.41) is 7.88. The predicted molar refractivity (Wildman–Crippen MR) is 142 cm³/mol. The Morgan fingerprint density at radius 1 is 0.973 bits per heavy atom. The molecule has 1 aromatic carbocycles. The molecule has 3 heterocycles. The third kappa shape index (κ3) is 5.87. The summed E-state index contributed by atoms with van der Waals surface area (Å²) in [6.07, 6.45) is 3.33. The summed E-state index contributed by atoms with van der Waals surface area (Å²) >= 11 is 1.33. The molecule has 0 radical (unpaired) electrons. The van der Waals surface area contributed by atoms with E-state index in [1.54, 1.807) is 0 Å². The van der Waals surface area contributed by atoms with Gasteiger partial charge in [0.2, 0.25) is 10.0 Å². The summed E-state index contributed by atoms with van der Waals surface area (Å²) in [5.41, 5.74) is 1.40. The molecule has 4 rings (SSSR count). The van der Waals surface area contributed by atoms with Crippen molar-refractivity contribution in [1.82, 2.24) is 19.8 Å². The van der Waals surface area contributed by atoms with E-state index in [2.05, 4.69) is 34.7 Å². The lowest BCUT2D eigenvalue weighted by atomic mass is 10.0. The van der Waals surface area contributed by atoms with Crippen molar-refractivity contribution < 1.29 is 22.8 Å². The zero-order valence-corrected chi connectivity index (χ0v) is 22.9. The lowest BCUT2D eigenvalue weighted by Gasteiger charge is -2.30. The van der Waals surface area contributed by atoms with E-state index in [1.807, 2.05) is 0 Å². The Balaban J connectivity index is 1.58. The SMILES string of the molecule is CNC(=O)NC(=O)c1c(NC(=O)c2ccc(S(=O)(=O)N3CCCCC3)cc2)sc2c1CCN(C(C)C)C2. The monoisotopic (exact) mass is 547 g/mol. The molecule has 4 amide bonds. The van der Waals surface area contributed by atoms with Gasteiger partial charge in [-0.25, -0.2) is 13.2 Å². The summed E-state index contributed by atoms with van der Waals surface area (Å²) in [7, 11) is -2.18. The Labute approximate surface area is 221 Å². The lowest BCUT2D eigenvalue weighted by Crippen LogP contribution is -2.39. The van der Waals surface area contributed by atoms with Crippen LogP contribution in [0.4, 0.5) is 9.80 Å². The van der Waals surface area contributed by atoms with E-state index in [-0.39, 0.29) is 10.5 Å². The van der Waals surface area contributed by atoms with E-state index < -0.39 is 27.9 Å². The molecule has 0 spiro atoms. The molecule has 37 heavy (non-hydrogen) atoms. The minimum absolute atomic E-state index is 0.150. The minimum Gasteiger partial charge on any atom is -0.341 e. The molecule has 0 saturated carbocycles. The third-order valence-electron chi connectivity index (χ3n) is 6.79. The fourth-order valence-electron chi connectivity index (χ4n) is 4.63. The number of piperidine rings is 1. The van der Waals surface area contributed by atoms with Crippen LogP contribution in [-0.4, -0.2) is 68.2 Å². The molecule has 1 saturated heterocycles. The molecule has 2 aromatic rings. The first-order valence-electron chi connectivity index (χ1n) is 12.4. The number of amides is 4. The van der Waals surface area contributed by atoms with Crippen LogP contribution in [0.25, 0.3) is 0 Å². The lowest BCUT2D eigenvalue weighted by molar-refractivity contribution is 0.0963. The molecule has 3 N–H and O–H groups in total. The number of carbonyl (C=O) groups excluding carboxylic acids is 3. The van der Waals surface area contributed by atoms with E-state index in [0.29, 0.717) is 42.7 Å². The number of fused-ring (bicyclic) bond motifs is 1. The quantitative estimate of drug-likeness (QED) is 0.510. The number of urea groups is 1. The average Bonchev–Trinajstić information content (AvgIpc) is 3.26. The predicted octanol–water partition coefficient (Wildman–Crippen LogP) is 3.01. The fraction of sp³-hybridized carbons (Fsp3) is 0.480. The number of rotatable bonds is 6. The largest absolute Gasteiger partial charge is 0.341 e. The Hall–Kier alpha value is -2.80. The van der Waals surface area contributed by atoms with Crippen LogP contribution in [-0.2, 0) is 23.0 Å². The highest BCUT2D eigenvalue weighted by Crippen LogP contribution is 2.38. The van der Waals surface area contributed by atoms with Gasteiger partial charge < -0.3 is 10.6 Å². The van der Waals surface area contributed by atoms with E-state index in [0.717, 1.165) is 36.2 Å². The van der Waals surface area contributed by atoms with Crippen LogP contribution in [0.5, 0.6) is 0 Å². The summed E-state index contributed by atoms with van der Waals surface area (Å²) in [5.74, 6) is -1.04. The van der Waals surface area contributed by atoms with Crippen molar-refractivity contribution >= 4 is 44.2 Å². The van der Waals surface area contributed by atoms with Gasteiger partial charge in [-0.15, -0.1) is 11.3 Å². The zero-order valence-electron chi connectivity index (χ0n) is 21.3. The Bertz CT molecular complexity index is 1280. The van der Waals surface area contributed by atoms with Gasteiger partial charge in [0, 0.05) is 49.7 Å². The molecule has 0 aliphatic carbocycles.